The first-order valence-corrected chi connectivity index (χ1v) is 15.2. The second-order valence-electron chi connectivity index (χ2n) is 8.28. The number of phosphoric acid groups is 1. The monoisotopic (exact) mass is 490 g/mol. The predicted molar refractivity (Wildman–Crippen MR) is 126 cm³/mol. The Morgan fingerprint density at radius 1 is 0.667 bits per heavy atom. The van der Waals surface area contributed by atoms with E-state index in [2.05, 4.69) is 6.92 Å². The fourth-order valence-electron chi connectivity index (χ4n) is 1.60. The van der Waals surface area contributed by atoms with Crippen LogP contribution in [0.15, 0.2) is 0 Å². The van der Waals surface area contributed by atoms with E-state index in [9.17, 15) is 4.57 Å². The zero-order valence-electron chi connectivity index (χ0n) is 20.1. The summed E-state index contributed by atoms with van der Waals surface area (Å²) in [5.74, 6) is 0.889. The van der Waals surface area contributed by atoms with Gasteiger partial charge in [-0.2, -0.15) is 0 Å². The molecule has 0 fully saturated rings. The zero-order valence-corrected chi connectivity index (χ0v) is 22.7. The van der Waals surface area contributed by atoms with E-state index in [1.807, 2.05) is 48.5 Å². The summed E-state index contributed by atoms with van der Waals surface area (Å²) >= 11 is 5.51. The molecule has 0 bridgehead atoms. The Hall–Kier alpha value is 0.640. The highest BCUT2D eigenvalue weighted by atomic mass is 32.5. The van der Waals surface area contributed by atoms with Crippen molar-refractivity contribution in [1.29, 1.82) is 0 Å². The van der Waals surface area contributed by atoms with E-state index in [0.29, 0.717) is 13.2 Å². The molecule has 0 aliphatic rings. The van der Waals surface area contributed by atoms with Crippen LogP contribution >= 0.6 is 14.5 Å². The van der Waals surface area contributed by atoms with Crippen molar-refractivity contribution in [3.63, 3.8) is 0 Å². The van der Waals surface area contributed by atoms with Crippen molar-refractivity contribution < 1.29 is 32.0 Å². The highest BCUT2D eigenvalue weighted by Crippen LogP contribution is 2.66. The zero-order chi connectivity index (χ0) is 23.2. The highest BCUT2D eigenvalue weighted by Gasteiger charge is 2.39. The van der Waals surface area contributed by atoms with E-state index in [1.165, 1.54) is 0 Å². The summed E-state index contributed by atoms with van der Waals surface area (Å²) in [6.45, 7) is 13.8. The molecule has 0 radical (unpaired) electrons. The van der Waals surface area contributed by atoms with Crippen LogP contribution < -0.4 is 0 Å². The Labute approximate surface area is 189 Å². The SMILES string of the molecule is CCC(C)COOP(=S)(OCC(C)CC)OP(=O)(OCC(C)CC)OCC(C)CC. The second-order valence-corrected chi connectivity index (χ2v) is 13.0. The van der Waals surface area contributed by atoms with Crippen LogP contribution in [0.25, 0.3) is 0 Å². The molecule has 0 aliphatic carbocycles. The van der Waals surface area contributed by atoms with Gasteiger partial charge in [-0.05, 0) is 35.5 Å². The van der Waals surface area contributed by atoms with Gasteiger partial charge in [0, 0.05) is 0 Å². The Balaban J connectivity index is 5.39. The molecule has 10 heteroatoms. The van der Waals surface area contributed by atoms with Gasteiger partial charge in [-0.3, -0.25) is 9.05 Å². The minimum absolute atomic E-state index is 0.190. The van der Waals surface area contributed by atoms with Crippen molar-refractivity contribution in [2.24, 2.45) is 23.7 Å². The molecule has 30 heavy (non-hydrogen) atoms. The van der Waals surface area contributed by atoms with Crippen LogP contribution in [-0.2, 0) is 43.8 Å². The maximum absolute atomic E-state index is 13.4. The van der Waals surface area contributed by atoms with E-state index in [4.69, 9.17) is 39.3 Å². The van der Waals surface area contributed by atoms with Gasteiger partial charge in [-0.25, -0.2) is 13.8 Å². The molecule has 0 rings (SSSR count). The Bertz CT molecular complexity index is 517. The molecule has 182 valence electrons. The van der Waals surface area contributed by atoms with Crippen LogP contribution in [0.3, 0.4) is 0 Å². The van der Waals surface area contributed by atoms with Gasteiger partial charge in [0.25, 0.3) is 0 Å². The third-order valence-electron chi connectivity index (χ3n) is 5.04. The van der Waals surface area contributed by atoms with E-state index in [1.54, 1.807) is 0 Å². The molecular weight excluding hydrogens is 446 g/mol. The highest BCUT2D eigenvalue weighted by molar-refractivity contribution is 8.08. The lowest BCUT2D eigenvalue weighted by Gasteiger charge is -2.27. The Kier molecular flexibility index (Phi) is 16.6. The summed E-state index contributed by atoms with van der Waals surface area (Å²) in [6.07, 6.45) is 3.57. The minimum Gasteiger partial charge on any atom is -0.307 e. The van der Waals surface area contributed by atoms with Crippen LogP contribution in [0.5, 0.6) is 0 Å². The minimum atomic E-state index is -4.00. The third-order valence-corrected chi connectivity index (χ3v) is 9.42. The topological polar surface area (TPSA) is 72.5 Å². The summed E-state index contributed by atoms with van der Waals surface area (Å²) < 4.78 is 41.5. The first-order chi connectivity index (χ1) is 14.0. The van der Waals surface area contributed by atoms with Gasteiger partial charge >= 0.3 is 14.5 Å². The fourth-order valence-corrected chi connectivity index (χ4v) is 5.92. The van der Waals surface area contributed by atoms with E-state index in [-0.39, 0.29) is 36.9 Å². The fraction of sp³-hybridized carbons (Fsp3) is 1.00. The maximum atomic E-state index is 13.4. The predicted octanol–water partition coefficient (Wildman–Crippen LogP) is 7.52. The molecule has 0 heterocycles. The molecule has 0 aromatic carbocycles. The van der Waals surface area contributed by atoms with E-state index >= 15 is 0 Å². The lowest BCUT2D eigenvalue weighted by Crippen LogP contribution is -2.13. The molecule has 5 unspecified atom stereocenters. The lowest BCUT2D eigenvalue weighted by molar-refractivity contribution is -0.224. The molecule has 0 amide bonds. The average Bonchev–Trinajstić information content (AvgIpc) is 2.73. The van der Waals surface area contributed by atoms with Crippen molar-refractivity contribution in [2.45, 2.75) is 81.1 Å². The van der Waals surface area contributed by atoms with Crippen molar-refractivity contribution in [1.82, 2.24) is 0 Å². The number of hydrogen-bond acceptors (Lipinski definition) is 8. The van der Waals surface area contributed by atoms with E-state index in [0.717, 1.165) is 25.7 Å². The summed E-state index contributed by atoms with van der Waals surface area (Å²) in [5.41, 5.74) is 0. The molecular formula is C20H44O7P2S. The Morgan fingerprint density at radius 2 is 1.03 bits per heavy atom. The van der Waals surface area contributed by atoms with Crippen molar-refractivity contribution >= 4 is 26.3 Å². The molecule has 0 spiro atoms. The standard InChI is InChI=1S/C20H44O7P2S/c1-9-17(5)13-22-26-29(30,25-16-20(8)12-4)27-28(21,23-14-18(6)10-2)24-15-19(7)11-3/h17-20H,9-16H2,1-8H3. The molecule has 0 aliphatic heterocycles. The molecule has 0 aromatic rings. The van der Waals surface area contributed by atoms with Crippen molar-refractivity contribution in [2.75, 3.05) is 26.4 Å². The van der Waals surface area contributed by atoms with Gasteiger partial charge < -0.3 is 4.52 Å². The molecule has 0 saturated heterocycles. The molecule has 0 aromatic heterocycles. The lowest BCUT2D eigenvalue weighted by atomic mass is 10.1. The van der Waals surface area contributed by atoms with Gasteiger partial charge in [0.05, 0.1) is 26.4 Å². The number of hydrogen-bond donors (Lipinski definition) is 0. The quantitative estimate of drug-likeness (QED) is 0.105. The van der Waals surface area contributed by atoms with Gasteiger partial charge in [0.1, 0.15) is 0 Å². The van der Waals surface area contributed by atoms with Crippen LogP contribution in [0, 0.1) is 23.7 Å². The van der Waals surface area contributed by atoms with Crippen LogP contribution in [-0.4, -0.2) is 26.4 Å². The summed E-state index contributed by atoms with van der Waals surface area (Å²) in [5, 5.41) is 0. The van der Waals surface area contributed by atoms with Gasteiger partial charge in [0.2, 0.25) is 0 Å². The normalized spacial score (nSPS) is 20.1. The first-order valence-electron chi connectivity index (χ1n) is 11.2. The van der Waals surface area contributed by atoms with Gasteiger partial charge in [0.15, 0.2) is 0 Å². The van der Waals surface area contributed by atoms with Crippen molar-refractivity contribution in [3.8, 4) is 0 Å². The Morgan fingerprint density at radius 3 is 1.43 bits per heavy atom. The molecule has 5 atom stereocenters. The van der Waals surface area contributed by atoms with Crippen molar-refractivity contribution in [3.05, 3.63) is 0 Å². The molecule has 0 N–H and O–H groups in total. The summed E-state index contributed by atoms with van der Waals surface area (Å²) in [6, 6.07) is 0. The second kappa shape index (κ2) is 16.3. The van der Waals surface area contributed by atoms with Crippen LogP contribution in [0.4, 0.5) is 0 Å². The largest absolute Gasteiger partial charge is 0.482 e. The average molecular weight is 491 g/mol. The number of phosphoric ester groups is 1. The van der Waals surface area contributed by atoms with Crippen LogP contribution in [0.1, 0.15) is 81.1 Å². The van der Waals surface area contributed by atoms with E-state index < -0.39 is 14.5 Å². The summed E-state index contributed by atoms with van der Waals surface area (Å²) in [4.78, 5) is 5.32. The van der Waals surface area contributed by atoms with Gasteiger partial charge in [-0.15, -0.1) is 4.67 Å². The molecule has 7 nitrogen and oxygen atoms in total. The van der Waals surface area contributed by atoms with Gasteiger partial charge in [-0.1, -0.05) is 81.1 Å². The summed E-state index contributed by atoms with van der Waals surface area (Å²) in [7, 11) is -4.00. The smallest absolute Gasteiger partial charge is 0.307 e. The molecule has 0 saturated carbocycles. The third kappa shape index (κ3) is 13.9. The van der Waals surface area contributed by atoms with Crippen LogP contribution in [0.2, 0.25) is 0 Å². The maximum Gasteiger partial charge on any atom is 0.482 e. The first kappa shape index (κ1) is 30.6. The number of rotatable bonds is 19.